The van der Waals surface area contributed by atoms with E-state index >= 15 is 0 Å². The molecule has 3 heteroatoms. The van der Waals surface area contributed by atoms with Gasteiger partial charge in [-0.3, -0.25) is 0 Å². The van der Waals surface area contributed by atoms with E-state index in [1.165, 1.54) is 6.42 Å². The van der Waals surface area contributed by atoms with E-state index in [1.54, 1.807) is 0 Å². The van der Waals surface area contributed by atoms with Crippen LogP contribution in [0.1, 0.15) is 25.8 Å². The highest BCUT2D eigenvalue weighted by atomic mass is 15.1. The summed E-state index contributed by atoms with van der Waals surface area (Å²) in [7, 11) is 0. The summed E-state index contributed by atoms with van der Waals surface area (Å²) >= 11 is 0. The van der Waals surface area contributed by atoms with E-state index in [2.05, 4.69) is 24.1 Å². The highest BCUT2D eigenvalue weighted by Gasteiger charge is 2.45. The second-order valence-corrected chi connectivity index (χ2v) is 4.65. The molecule has 14 heavy (non-hydrogen) atoms. The maximum atomic E-state index is 5.50. The summed E-state index contributed by atoms with van der Waals surface area (Å²) in [6.07, 6.45) is 3.06. The van der Waals surface area contributed by atoms with Crippen LogP contribution in [-0.2, 0) is 6.54 Å². The average Bonchev–Trinajstić information content (AvgIpc) is 2.75. The Hall–Kier alpha value is -1.09. The molecule has 1 heterocycles. The molecule has 0 spiro atoms. The third kappa shape index (κ3) is 1.87. The number of pyridine rings is 1. The number of hydrogen-bond acceptors (Lipinski definition) is 3. The van der Waals surface area contributed by atoms with Gasteiger partial charge in [0.1, 0.15) is 5.82 Å². The number of anilines is 1. The number of rotatable bonds is 3. The Morgan fingerprint density at radius 3 is 2.71 bits per heavy atom. The number of hydrogen-bond donors (Lipinski definition) is 2. The lowest BCUT2D eigenvalue weighted by Crippen LogP contribution is -2.09. The Kier molecular flexibility index (Phi) is 2.19. The molecule has 1 atom stereocenters. The molecule has 1 aromatic heterocycles. The molecular formula is C11H17N3. The fourth-order valence-electron chi connectivity index (χ4n) is 1.52. The quantitative estimate of drug-likeness (QED) is 0.765. The predicted molar refractivity (Wildman–Crippen MR) is 57.9 cm³/mol. The number of aromatic nitrogens is 1. The fraction of sp³-hybridized carbons (Fsp3) is 0.545. The van der Waals surface area contributed by atoms with Crippen LogP contribution in [0.4, 0.5) is 5.82 Å². The topological polar surface area (TPSA) is 50.9 Å². The first-order valence-electron chi connectivity index (χ1n) is 5.03. The van der Waals surface area contributed by atoms with Gasteiger partial charge < -0.3 is 11.1 Å². The van der Waals surface area contributed by atoms with Crippen molar-refractivity contribution in [3.05, 3.63) is 23.9 Å². The highest BCUT2D eigenvalue weighted by molar-refractivity contribution is 5.39. The molecule has 3 N–H and O–H groups in total. The lowest BCUT2D eigenvalue weighted by Gasteiger charge is -2.07. The number of nitrogens with zero attached hydrogens (tertiary/aromatic N) is 1. The second-order valence-electron chi connectivity index (χ2n) is 4.65. The van der Waals surface area contributed by atoms with Gasteiger partial charge in [0.2, 0.25) is 0 Å². The molecule has 1 saturated carbocycles. The van der Waals surface area contributed by atoms with Gasteiger partial charge in [0, 0.05) is 18.8 Å². The zero-order valence-electron chi connectivity index (χ0n) is 8.75. The van der Waals surface area contributed by atoms with Crippen molar-refractivity contribution in [1.29, 1.82) is 0 Å². The summed E-state index contributed by atoms with van der Waals surface area (Å²) < 4.78 is 0. The lowest BCUT2D eigenvalue weighted by atomic mass is 10.2. The molecule has 0 amide bonds. The maximum Gasteiger partial charge on any atom is 0.126 e. The molecule has 2 rings (SSSR count). The van der Waals surface area contributed by atoms with E-state index in [9.17, 15) is 0 Å². The van der Waals surface area contributed by atoms with Gasteiger partial charge in [-0.15, -0.1) is 0 Å². The van der Waals surface area contributed by atoms with Crippen molar-refractivity contribution < 1.29 is 0 Å². The molecule has 1 fully saturated rings. The molecule has 0 aliphatic heterocycles. The average molecular weight is 191 g/mol. The largest absolute Gasteiger partial charge is 0.367 e. The third-order valence-corrected chi connectivity index (χ3v) is 2.90. The lowest BCUT2D eigenvalue weighted by molar-refractivity contribution is 0.630. The number of nitrogens with two attached hydrogens (primary N) is 1. The summed E-state index contributed by atoms with van der Waals surface area (Å²) in [4.78, 5) is 4.30. The van der Waals surface area contributed by atoms with Crippen molar-refractivity contribution in [3.63, 3.8) is 0 Å². The zero-order valence-corrected chi connectivity index (χ0v) is 8.75. The summed E-state index contributed by atoms with van der Waals surface area (Å²) in [6, 6.07) is 4.60. The van der Waals surface area contributed by atoms with Crippen molar-refractivity contribution in [2.24, 2.45) is 11.1 Å². The van der Waals surface area contributed by atoms with Crippen LogP contribution in [0, 0.1) is 5.41 Å². The Balaban J connectivity index is 1.98. The van der Waals surface area contributed by atoms with Crippen LogP contribution in [0.15, 0.2) is 18.3 Å². The molecule has 76 valence electrons. The van der Waals surface area contributed by atoms with Crippen LogP contribution in [0.5, 0.6) is 0 Å². The summed E-state index contributed by atoms with van der Waals surface area (Å²) in [6.45, 7) is 5.08. The first kappa shape index (κ1) is 9.46. The Bertz CT molecular complexity index is 316. The second kappa shape index (κ2) is 3.24. The molecule has 1 aliphatic rings. The Morgan fingerprint density at radius 2 is 2.29 bits per heavy atom. The SMILES string of the molecule is CC1(C)CC1Nc1ccc(CN)cn1. The summed E-state index contributed by atoms with van der Waals surface area (Å²) in [5, 5.41) is 3.41. The zero-order chi connectivity index (χ0) is 10.2. The van der Waals surface area contributed by atoms with Crippen LogP contribution in [0.25, 0.3) is 0 Å². The highest BCUT2D eigenvalue weighted by Crippen LogP contribution is 2.46. The van der Waals surface area contributed by atoms with Crippen LogP contribution in [-0.4, -0.2) is 11.0 Å². The van der Waals surface area contributed by atoms with Gasteiger partial charge in [-0.1, -0.05) is 19.9 Å². The molecular weight excluding hydrogens is 174 g/mol. The van der Waals surface area contributed by atoms with Crippen molar-refractivity contribution in [2.45, 2.75) is 32.9 Å². The Morgan fingerprint density at radius 1 is 1.57 bits per heavy atom. The molecule has 0 bridgehead atoms. The van der Waals surface area contributed by atoms with Crippen molar-refractivity contribution in [3.8, 4) is 0 Å². The first-order valence-corrected chi connectivity index (χ1v) is 5.03. The van der Waals surface area contributed by atoms with E-state index in [1.807, 2.05) is 18.3 Å². The monoisotopic (exact) mass is 191 g/mol. The van der Waals surface area contributed by atoms with Gasteiger partial charge in [0.05, 0.1) is 0 Å². The molecule has 1 unspecified atom stereocenters. The predicted octanol–water partition coefficient (Wildman–Crippen LogP) is 1.75. The van der Waals surface area contributed by atoms with Gasteiger partial charge >= 0.3 is 0 Å². The van der Waals surface area contributed by atoms with E-state index in [0.29, 0.717) is 18.0 Å². The van der Waals surface area contributed by atoms with Gasteiger partial charge in [-0.05, 0) is 23.5 Å². The first-order chi connectivity index (χ1) is 6.62. The smallest absolute Gasteiger partial charge is 0.126 e. The van der Waals surface area contributed by atoms with E-state index in [0.717, 1.165) is 11.4 Å². The Labute approximate surface area is 84.7 Å². The van der Waals surface area contributed by atoms with Gasteiger partial charge in [0.15, 0.2) is 0 Å². The van der Waals surface area contributed by atoms with Crippen molar-refractivity contribution >= 4 is 5.82 Å². The molecule has 0 aromatic carbocycles. The summed E-state index contributed by atoms with van der Waals surface area (Å²) in [5.41, 5.74) is 7.01. The molecule has 0 radical (unpaired) electrons. The molecule has 0 saturated heterocycles. The molecule has 1 aliphatic carbocycles. The summed E-state index contributed by atoms with van der Waals surface area (Å²) in [5.74, 6) is 0.956. The van der Waals surface area contributed by atoms with E-state index in [-0.39, 0.29) is 0 Å². The molecule has 1 aromatic rings. The molecule has 3 nitrogen and oxygen atoms in total. The van der Waals surface area contributed by atoms with E-state index < -0.39 is 0 Å². The van der Waals surface area contributed by atoms with Gasteiger partial charge in [-0.2, -0.15) is 0 Å². The standard InChI is InChI=1S/C11H17N3/c1-11(2)5-9(11)14-10-4-3-8(6-12)7-13-10/h3-4,7,9H,5-6,12H2,1-2H3,(H,13,14). The fourth-order valence-corrected chi connectivity index (χ4v) is 1.52. The minimum Gasteiger partial charge on any atom is -0.367 e. The normalized spacial score (nSPS) is 23.2. The minimum absolute atomic E-state index is 0.439. The van der Waals surface area contributed by atoms with E-state index in [4.69, 9.17) is 5.73 Å². The van der Waals surface area contributed by atoms with Crippen LogP contribution in [0.3, 0.4) is 0 Å². The van der Waals surface area contributed by atoms with Crippen molar-refractivity contribution in [2.75, 3.05) is 5.32 Å². The van der Waals surface area contributed by atoms with Crippen molar-refractivity contribution in [1.82, 2.24) is 4.98 Å². The number of nitrogens with one attached hydrogen (secondary N) is 1. The van der Waals surface area contributed by atoms with Crippen LogP contribution in [0.2, 0.25) is 0 Å². The van der Waals surface area contributed by atoms with Crippen LogP contribution >= 0.6 is 0 Å². The third-order valence-electron chi connectivity index (χ3n) is 2.90. The minimum atomic E-state index is 0.439. The van der Waals surface area contributed by atoms with Gasteiger partial charge in [-0.25, -0.2) is 4.98 Å². The van der Waals surface area contributed by atoms with Crippen LogP contribution < -0.4 is 11.1 Å². The maximum absolute atomic E-state index is 5.50. The van der Waals surface area contributed by atoms with Gasteiger partial charge in [0.25, 0.3) is 0 Å².